The Morgan fingerprint density at radius 1 is 0.339 bits per heavy atom. The van der Waals surface area contributed by atoms with Gasteiger partial charge in [-0.1, -0.05) is 158 Å². The molecule has 0 amide bonds. The Labute approximate surface area is 345 Å². The molecule has 0 atom stereocenters. The highest BCUT2D eigenvalue weighted by molar-refractivity contribution is 7.26. The van der Waals surface area contributed by atoms with Gasteiger partial charge in [0.1, 0.15) is 11.2 Å². The molecule has 0 unspecified atom stereocenters. The predicted molar refractivity (Wildman–Crippen MR) is 253 cm³/mol. The van der Waals surface area contributed by atoms with Crippen LogP contribution in [-0.2, 0) is 0 Å². The molecule has 0 saturated heterocycles. The van der Waals surface area contributed by atoms with E-state index in [0.717, 1.165) is 55.7 Å². The summed E-state index contributed by atoms with van der Waals surface area (Å²) in [5, 5.41) is 9.81. The van der Waals surface area contributed by atoms with E-state index in [1.165, 1.54) is 58.4 Å². The highest BCUT2D eigenvalue weighted by atomic mass is 32.1. The van der Waals surface area contributed by atoms with Crippen molar-refractivity contribution in [3.05, 3.63) is 212 Å². The second-order valence-corrected chi connectivity index (χ2v) is 16.3. The highest BCUT2D eigenvalue weighted by Gasteiger charge is 2.21. The molecule has 59 heavy (non-hydrogen) atoms. The van der Waals surface area contributed by atoms with Crippen molar-refractivity contribution in [1.82, 2.24) is 0 Å². The minimum absolute atomic E-state index is 0.876. The molecule has 0 aliphatic carbocycles. The number of thiophene rings is 1. The average molecular weight is 770 g/mol. The van der Waals surface area contributed by atoms with Gasteiger partial charge in [-0.25, -0.2) is 0 Å². The van der Waals surface area contributed by atoms with Gasteiger partial charge in [-0.15, -0.1) is 11.3 Å². The molecule has 2 nitrogen and oxygen atoms in total. The summed E-state index contributed by atoms with van der Waals surface area (Å²) in [7, 11) is 0. The summed E-state index contributed by atoms with van der Waals surface area (Å²) in [6.45, 7) is 0. The van der Waals surface area contributed by atoms with E-state index in [0.29, 0.717) is 0 Å². The number of nitrogens with zero attached hydrogens (tertiary/aromatic N) is 1. The molecule has 0 fully saturated rings. The minimum Gasteiger partial charge on any atom is -0.456 e. The number of hydrogen-bond donors (Lipinski definition) is 0. The Hall–Kier alpha value is -7.46. The van der Waals surface area contributed by atoms with E-state index in [-0.39, 0.29) is 0 Å². The van der Waals surface area contributed by atoms with Gasteiger partial charge in [0.2, 0.25) is 0 Å². The maximum absolute atomic E-state index is 6.35. The lowest BCUT2D eigenvalue weighted by atomic mass is 9.91. The lowest BCUT2D eigenvalue weighted by molar-refractivity contribution is 0.669. The van der Waals surface area contributed by atoms with Gasteiger partial charge in [-0.3, -0.25) is 0 Å². The molecule has 0 spiro atoms. The largest absolute Gasteiger partial charge is 0.456 e. The highest BCUT2D eigenvalue weighted by Crippen LogP contribution is 2.47. The van der Waals surface area contributed by atoms with E-state index in [9.17, 15) is 0 Å². The topological polar surface area (TPSA) is 16.4 Å². The first kappa shape index (κ1) is 33.7. The van der Waals surface area contributed by atoms with Crippen LogP contribution in [0.4, 0.5) is 17.1 Å². The van der Waals surface area contributed by atoms with Gasteiger partial charge in [-0.05, 0) is 104 Å². The molecule has 2 aromatic heterocycles. The number of furan rings is 1. The molecule has 0 aliphatic heterocycles. The molecule has 0 radical (unpaired) electrons. The molecule has 10 aromatic carbocycles. The van der Waals surface area contributed by atoms with Gasteiger partial charge in [0.15, 0.2) is 0 Å². The van der Waals surface area contributed by atoms with Crippen LogP contribution in [0, 0.1) is 0 Å². The Kier molecular flexibility index (Phi) is 7.75. The number of para-hydroxylation sites is 1. The van der Waals surface area contributed by atoms with Crippen molar-refractivity contribution in [2.75, 3.05) is 4.90 Å². The summed E-state index contributed by atoms with van der Waals surface area (Å²) < 4.78 is 8.98. The standard InChI is InChI=1S/C56H35NOS/c1-2-13-36(14-3-1)43-31-27-39(50-33-38-15-4-5-16-42(38)45-17-6-7-18-46(45)50)34-52(43)57(41-30-32-54-51(35-41)47-19-8-10-23-53(47)58-54)40-28-25-37(26-29-40)44-21-12-22-49-48-20-9-11-24-55(48)59-56(44)49/h1-35H. The molecule has 0 aliphatic rings. The van der Waals surface area contributed by atoms with Gasteiger partial charge in [0.25, 0.3) is 0 Å². The van der Waals surface area contributed by atoms with E-state index in [2.05, 4.69) is 205 Å². The van der Waals surface area contributed by atoms with Gasteiger partial charge in [-0.2, -0.15) is 0 Å². The maximum Gasteiger partial charge on any atom is 0.135 e. The molecule has 0 saturated carbocycles. The van der Waals surface area contributed by atoms with Crippen LogP contribution in [-0.4, -0.2) is 0 Å². The second-order valence-electron chi connectivity index (χ2n) is 15.2. The number of anilines is 3. The average Bonchev–Trinajstić information content (AvgIpc) is 3.88. The van der Waals surface area contributed by atoms with Crippen LogP contribution in [0.3, 0.4) is 0 Å². The van der Waals surface area contributed by atoms with E-state index < -0.39 is 0 Å². The molecule has 12 aromatic rings. The molecular formula is C56H35NOS. The normalized spacial score (nSPS) is 11.7. The third-order valence-electron chi connectivity index (χ3n) is 11.9. The fraction of sp³-hybridized carbons (Fsp3) is 0. The van der Waals surface area contributed by atoms with Crippen molar-refractivity contribution in [2.24, 2.45) is 0 Å². The van der Waals surface area contributed by atoms with Crippen molar-refractivity contribution < 1.29 is 4.42 Å². The minimum atomic E-state index is 0.876. The van der Waals surface area contributed by atoms with Crippen LogP contribution in [0.15, 0.2) is 217 Å². The van der Waals surface area contributed by atoms with Gasteiger partial charge in [0.05, 0.1) is 5.69 Å². The summed E-state index contributed by atoms with van der Waals surface area (Å²) in [4.78, 5) is 2.43. The number of fused-ring (bicyclic) bond motifs is 9. The fourth-order valence-electron chi connectivity index (χ4n) is 9.08. The summed E-state index contributed by atoms with van der Waals surface area (Å²) >= 11 is 1.87. The summed E-state index contributed by atoms with van der Waals surface area (Å²) in [6, 6.07) is 77.1. The number of benzene rings is 10. The van der Waals surface area contributed by atoms with Crippen LogP contribution in [0.2, 0.25) is 0 Å². The Balaban J connectivity index is 1.10. The second kappa shape index (κ2) is 13.6. The predicted octanol–water partition coefficient (Wildman–Crippen LogP) is 16.7. The van der Waals surface area contributed by atoms with E-state index in [4.69, 9.17) is 4.42 Å². The van der Waals surface area contributed by atoms with E-state index in [1.54, 1.807) is 0 Å². The van der Waals surface area contributed by atoms with Crippen LogP contribution in [0.1, 0.15) is 0 Å². The SMILES string of the molecule is c1ccc(-c2ccc(-c3cc4ccccc4c4ccccc34)cc2N(c2ccc(-c3cccc4c3sc3ccccc34)cc2)c2ccc3oc4ccccc4c3c2)cc1. The van der Waals surface area contributed by atoms with E-state index in [1.807, 2.05) is 23.5 Å². The molecule has 12 rings (SSSR count). The number of hydrogen-bond acceptors (Lipinski definition) is 3. The van der Waals surface area contributed by atoms with Gasteiger partial charge in [0, 0.05) is 47.9 Å². The lowest BCUT2D eigenvalue weighted by Gasteiger charge is -2.29. The fourth-order valence-corrected chi connectivity index (χ4v) is 10.3. The molecule has 276 valence electrons. The van der Waals surface area contributed by atoms with E-state index >= 15 is 0 Å². The van der Waals surface area contributed by atoms with Crippen molar-refractivity contribution in [3.63, 3.8) is 0 Å². The van der Waals surface area contributed by atoms with Crippen LogP contribution >= 0.6 is 11.3 Å². The van der Waals surface area contributed by atoms with Crippen LogP contribution < -0.4 is 4.90 Å². The maximum atomic E-state index is 6.35. The Morgan fingerprint density at radius 2 is 0.983 bits per heavy atom. The van der Waals surface area contributed by atoms with Crippen LogP contribution in [0.5, 0.6) is 0 Å². The molecular weight excluding hydrogens is 735 g/mol. The third-order valence-corrected chi connectivity index (χ3v) is 13.1. The quantitative estimate of drug-likeness (QED) is 0.157. The monoisotopic (exact) mass is 769 g/mol. The molecule has 3 heteroatoms. The summed E-state index contributed by atoms with van der Waals surface area (Å²) in [5.41, 5.74) is 12.1. The zero-order chi connectivity index (χ0) is 38.9. The lowest BCUT2D eigenvalue weighted by Crippen LogP contribution is -2.11. The first-order valence-corrected chi connectivity index (χ1v) is 20.9. The molecule has 0 bridgehead atoms. The van der Waals surface area contributed by atoms with Crippen LogP contribution in [0.25, 0.3) is 97.0 Å². The first-order chi connectivity index (χ1) is 29.2. The summed E-state index contributed by atoms with van der Waals surface area (Å²) in [6.07, 6.45) is 0. The van der Waals surface area contributed by atoms with Crippen molar-refractivity contribution in [3.8, 4) is 33.4 Å². The zero-order valence-corrected chi connectivity index (χ0v) is 32.8. The third kappa shape index (κ3) is 5.55. The number of rotatable bonds is 6. The van der Waals surface area contributed by atoms with Crippen molar-refractivity contribution in [2.45, 2.75) is 0 Å². The smallest absolute Gasteiger partial charge is 0.135 e. The van der Waals surface area contributed by atoms with Crippen molar-refractivity contribution in [1.29, 1.82) is 0 Å². The Bertz CT molecular complexity index is 3560. The van der Waals surface area contributed by atoms with Crippen molar-refractivity contribution >= 4 is 92.1 Å². The zero-order valence-electron chi connectivity index (χ0n) is 32.0. The first-order valence-electron chi connectivity index (χ1n) is 20.1. The summed E-state index contributed by atoms with van der Waals surface area (Å²) in [5.74, 6) is 0. The van der Waals surface area contributed by atoms with Gasteiger partial charge >= 0.3 is 0 Å². The molecule has 0 N–H and O–H groups in total. The molecule has 2 heterocycles. The van der Waals surface area contributed by atoms with Gasteiger partial charge < -0.3 is 9.32 Å². The Morgan fingerprint density at radius 3 is 1.85 bits per heavy atom.